The summed E-state index contributed by atoms with van der Waals surface area (Å²) in [6.45, 7) is 0. The fourth-order valence-electron chi connectivity index (χ4n) is 0.642. The van der Waals surface area contributed by atoms with Crippen molar-refractivity contribution in [2.45, 2.75) is 0 Å². The maximum atomic E-state index is 2.00. The van der Waals surface area contributed by atoms with E-state index >= 15 is 0 Å². The molecule has 3 heteroatoms. The van der Waals surface area contributed by atoms with Crippen molar-refractivity contribution >= 4 is 0 Å². The van der Waals surface area contributed by atoms with Crippen LogP contribution in [-0.2, 0) is 26.2 Å². The van der Waals surface area contributed by atoms with Crippen molar-refractivity contribution in [2.24, 2.45) is 0 Å². The van der Waals surface area contributed by atoms with E-state index in [2.05, 4.69) is 0 Å². The van der Waals surface area contributed by atoms with Gasteiger partial charge in [0.1, 0.15) is 0 Å². The molecule has 2 N–H and O–H groups in total. The molecule has 0 amide bonds. The zero-order chi connectivity index (χ0) is 7.07. The fraction of sp³-hybridized carbons (Fsp3) is 0. The van der Waals surface area contributed by atoms with Gasteiger partial charge >= 0.3 is 26.2 Å². The standard InChI is InChI=1S/2C5H5.2H2O.Zr/c2*1-2-4-5-3-1;;;/h2*1-5H;2*1H2;/q2*-1;;;+4/p-2. The van der Waals surface area contributed by atoms with E-state index in [0.717, 1.165) is 0 Å². The molecule has 0 aliphatic heterocycles. The second-order valence-electron chi connectivity index (χ2n) is 1.92. The van der Waals surface area contributed by atoms with Gasteiger partial charge in [0.2, 0.25) is 0 Å². The first kappa shape index (κ1) is 18.3. The Bertz CT molecular complexity index is 152. The third-order valence-electron chi connectivity index (χ3n) is 1.11. The van der Waals surface area contributed by atoms with E-state index in [1.54, 1.807) is 0 Å². The smallest absolute Gasteiger partial charge is 0.870 e. The van der Waals surface area contributed by atoms with Crippen LogP contribution in [0.15, 0.2) is 60.7 Å². The molecule has 0 unspecified atom stereocenters. The van der Waals surface area contributed by atoms with E-state index in [1.165, 1.54) is 0 Å². The summed E-state index contributed by atoms with van der Waals surface area (Å²) in [5, 5.41) is 0. The first-order valence-electron chi connectivity index (χ1n) is 3.33. The molecule has 2 aromatic carbocycles. The Morgan fingerprint density at radius 1 is 0.538 bits per heavy atom. The molecule has 0 fully saturated rings. The van der Waals surface area contributed by atoms with Crippen LogP contribution >= 0.6 is 0 Å². The molecule has 0 heterocycles. The van der Waals surface area contributed by atoms with Gasteiger partial charge in [-0.1, -0.05) is 0 Å². The molecule has 0 aliphatic rings. The fourth-order valence-corrected chi connectivity index (χ4v) is 0.642. The van der Waals surface area contributed by atoms with Gasteiger partial charge in [0.15, 0.2) is 0 Å². The first-order valence-corrected chi connectivity index (χ1v) is 3.33. The van der Waals surface area contributed by atoms with Gasteiger partial charge in [0.25, 0.3) is 0 Å². The number of rotatable bonds is 0. The molecule has 2 rings (SSSR count). The van der Waals surface area contributed by atoms with Crippen molar-refractivity contribution in [3.63, 3.8) is 0 Å². The van der Waals surface area contributed by atoms with Crippen LogP contribution in [0.5, 0.6) is 0 Å². The number of hydrogen-bond acceptors (Lipinski definition) is 2. The molecule has 2 nitrogen and oxygen atoms in total. The summed E-state index contributed by atoms with van der Waals surface area (Å²) in [5.74, 6) is 0. The summed E-state index contributed by atoms with van der Waals surface area (Å²) in [5.41, 5.74) is 0. The maximum Gasteiger partial charge on any atom is 4.00 e. The normalized spacial score (nSPS) is 6.15. The van der Waals surface area contributed by atoms with E-state index in [9.17, 15) is 0 Å². The molecular formula is C10H12O2Zr. The van der Waals surface area contributed by atoms with Crippen LogP contribution in [0.1, 0.15) is 0 Å². The van der Waals surface area contributed by atoms with Gasteiger partial charge < -0.3 is 11.0 Å². The third kappa shape index (κ3) is 11.5. The minimum absolute atomic E-state index is 0. The molecule has 0 aliphatic carbocycles. The van der Waals surface area contributed by atoms with E-state index in [4.69, 9.17) is 0 Å². The zero-order valence-electron chi connectivity index (χ0n) is 7.17. The summed E-state index contributed by atoms with van der Waals surface area (Å²) in [6, 6.07) is 20.0. The topological polar surface area (TPSA) is 60.0 Å². The summed E-state index contributed by atoms with van der Waals surface area (Å²) >= 11 is 0. The molecule has 0 bridgehead atoms. The second-order valence-corrected chi connectivity index (χ2v) is 1.92. The number of hydrogen-bond donors (Lipinski definition) is 0. The molecule has 13 heavy (non-hydrogen) atoms. The molecule has 0 atom stereocenters. The van der Waals surface area contributed by atoms with Crippen molar-refractivity contribution in [3.05, 3.63) is 60.7 Å². The van der Waals surface area contributed by atoms with Crippen LogP contribution in [-0.4, -0.2) is 11.0 Å². The molecular weight excluding hydrogens is 243 g/mol. The average Bonchev–Trinajstić information content (AvgIpc) is 2.67. The van der Waals surface area contributed by atoms with Crippen molar-refractivity contribution in [2.75, 3.05) is 0 Å². The molecule has 68 valence electrons. The van der Waals surface area contributed by atoms with Gasteiger partial charge in [-0.3, -0.25) is 0 Å². The Labute approximate surface area is 97.7 Å². The Balaban J connectivity index is -0.000000125. The van der Waals surface area contributed by atoms with E-state index < -0.39 is 0 Å². The van der Waals surface area contributed by atoms with Crippen LogP contribution in [0.3, 0.4) is 0 Å². The van der Waals surface area contributed by atoms with Crippen LogP contribution in [0.4, 0.5) is 0 Å². The van der Waals surface area contributed by atoms with Gasteiger partial charge in [0, 0.05) is 0 Å². The summed E-state index contributed by atoms with van der Waals surface area (Å²) < 4.78 is 0. The molecule has 0 saturated carbocycles. The van der Waals surface area contributed by atoms with Crippen LogP contribution in [0.25, 0.3) is 0 Å². The molecule has 0 saturated heterocycles. The SMILES string of the molecule is [OH-].[OH-].[Zr+4].c1cc[cH-]c1.c1cc[cH-]c1. The van der Waals surface area contributed by atoms with Crippen LogP contribution in [0.2, 0.25) is 0 Å². The zero-order valence-corrected chi connectivity index (χ0v) is 9.63. The third-order valence-corrected chi connectivity index (χ3v) is 1.11. The Hall–Kier alpha value is -0.497. The predicted octanol–water partition coefficient (Wildman–Crippen LogP) is 2.45. The minimum Gasteiger partial charge on any atom is -0.870 e. The van der Waals surface area contributed by atoms with Gasteiger partial charge in [-0.2, -0.15) is 36.4 Å². The minimum atomic E-state index is 0. The van der Waals surface area contributed by atoms with Crippen molar-refractivity contribution in [3.8, 4) is 0 Å². The van der Waals surface area contributed by atoms with Crippen LogP contribution in [0, 0.1) is 0 Å². The monoisotopic (exact) mass is 254 g/mol. The van der Waals surface area contributed by atoms with E-state index in [-0.39, 0.29) is 37.2 Å². The second kappa shape index (κ2) is 14.1. The largest absolute Gasteiger partial charge is 4.00 e. The van der Waals surface area contributed by atoms with E-state index in [1.807, 2.05) is 60.7 Å². The Kier molecular flexibility index (Phi) is 19.8. The average molecular weight is 255 g/mol. The summed E-state index contributed by atoms with van der Waals surface area (Å²) in [4.78, 5) is 0. The Morgan fingerprint density at radius 3 is 0.846 bits per heavy atom. The predicted molar refractivity (Wildman–Crippen MR) is 47.9 cm³/mol. The Morgan fingerprint density at radius 2 is 0.769 bits per heavy atom. The van der Waals surface area contributed by atoms with Gasteiger partial charge in [-0.15, -0.1) is 0 Å². The molecule has 0 spiro atoms. The molecule has 0 radical (unpaired) electrons. The maximum absolute atomic E-state index is 2.00. The van der Waals surface area contributed by atoms with Crippen molar-refractivity contribution in [1.29, 1.82) is 0 Å². The summed E-state index contributed by atoms with van der Waals surface area (Å²) in [6.07, 6.45) is 0. The van der Waals surface area contributed by atoms with E-state index in [0.29, 0.717) is 0 Å². The summed E-state index contributed by atoms with van der Waals surface area (Å²) in [7, 11) is 0. The van der Waals surface area contributed by atoms with Crippen molar-refractivity contribution < 1.29 is 37.2 Å². The van der Waals surface area contributed by atoms with Gasteiger partial charge in [-0.05, 0) is 0 Å². The van der Waals surface area contributed by atoms with Crippen LogP contribution < -0.4 is 0 Å². The van der Waals surface area contributed by atoms with Gasteiger partial charge in [-0.25, -0.2) is 24.3 Å². The molecule has 2 aromatic rings. The van der Waals surface area contributed by atoms with Gasteiger partial charge in [0.05, 0.1) is 0 Å². The van der Waals surface area contributed by atoms with Crippen molar-refractivity contribution in [1.82, 2.24) is 0 Å². The molecule has 0 aromatic heterocycles. The first-order chi connectivity index (χ1) is 5.00. The quantitative estimate of drug-likeness (QED) is 0.679.